The van der Waals surface area contributed by atoms with Gasteiger partial charge in [-0.15, -0.1) is 0 Å². The molecule has 0 N–H and O–H groups in total. The number of piperazine rings is 3. The quantitative estimate of drug-likeness (QED) is 0.0449. The van der Waals surface area contributed by atoms with Crippen LogP contribution in [0.25, 0.3) is 0 Å². The van der Waals surface area contributed by atoms with Crippen molar-refractivity contribution in [1.82, 2.24) is 29.4 Å². The van der Waals surface area contributed by atoms with Crippen molar-refractivity contribution in [3.63, 3.8) is 0 Å². The zero-order valence-corrected chi connectivity index (χ0v) is 54.7. The molecular weight excluding hydrogens is 1140 g/mol. The summed E-state index contributed by atoms with van der Waals surface area (Å²) < 4.78 is 50.7. The molecule has 6 aromatic carbocycles. The Morgan fingerprint density at radius 3 is 0.911 bits per heavy atom. The van der Waals surface area contributed by atoms with E-state index >= 15 is 0 Å². The minimum atomic E-state index is -0.0195. The third kappa shape index (κ3) is 20.2. The van der Waals surface area contributed by atoms with E-state index in [1.807, 2.05) is 57.2 Å². The fourth-order valence-electron chi connectivity index (χ4n) is 10.8. The summed E-state index contributed by atoms with van der Waals surface area (Å²) in [5, 5.41) is 0. The van der Waals surface area contributed by atoms with Gasteiger partial charge in [0.15, 0.2) is 34.5 Å². The highest BCUT2D eigenvalue weighted by Crippen LogP contribution is 2.42. The van der Waals surface area contributed by atoms with Crippen molar-refractivity contribution in [2.75, 3.05) is 154 Å². The lowest BCUT2D eigenvalue weighted by atomic mass is 10.1. The molecule has 3 amide bonds. The molecule has 3 saturated heterocycles. The van der Waals surface area contributed by atoms with Gasteiger partial charge in [-0.25, -0.2) is 0 Å². The van der Waals surface area contributed by atoms with E-state index in [0.29, 0.717) is 114 Å². The zero-order valence-electron chi connectivity index (χ0n) is 54.7. The molecule has 18 nitrogen and oxygen atoms in total. The molecule has 3 fully saturated rings. The average molecular weight is 1240 g/mol. The third-order valence-corrected chi connectivity index (χ3v) is 16.4. The predicted molar refractivity (Wildman–Crippen MR) is 353 cm³/mol. The molecule has 0 unspecified atom stereocenters. The van der Waals surface area contributed by atoms with Gasteiger partial charge in [0.05, 0.1) is 55.9 Å². The van der Waals surface area contributed by atoms with Crippen molar-refractivity contribution in [2.45, 2.75) is 65.9 Å². The highest BCUT2D eigenvalue weighted by molar-refractivity contribution is 5.97. The van der Waals surface area contributed by atoms with E-state index in [2.05, 4.69) is 84.0 Å². The molecular formula is C72H96N6O12. The largest absolute Gasteiger partial charge is 0.493 e. The fourth-order valence-corrected chi connectivity index (χ4v) is 10.8. The van der Waals surface area contributed by atoms with Crippen LogP contribution in [-0.2, 0) is 19.4 Å². The van der Waals surface area contributed by atoms with Gasteiger partial charge in [0.2, 0.25) is 17.2 Å². The van der Waals surface area contributed by atoms with Gasteiger partial charge in [0, 0.05) is 108 Å². The molecule has 0 radical (unpaired) electrons. The number of hydrogen-bond acceptors (Lipinski definition) is 15. The van der Waals surface area contributed by atoms with Gasteiger partial charge in [-0.1, -0.05) is 125 Å². The number of rotatable bonds is 27. The van der Waals surface area contributed by atoms with Gasteiger partial charge in [0.25, 0.3) is 17.7 Å². The first-order chi connectivity index (χ1) is 44.0. The van der Waals surface area contributed by atoms with E-state index < -0.39 is 0 Å². The van der Waals surface area contributed by atoms with E-state index in [9.17, 15) is 14.4 Å². The normalized spacial score (nSPS) is 14.4. The van der Waals surface area contributed by atoms with Crippen LogP contribution < -0.4 is 42.6 Å². The van der Waals surface area contributed by atoms with Crippen molar-refractivity contribution < 1.29 is 57.0 Å². The summed E-state index contributed by atoms with van der Waals surface area (Å²) in [5.41, 5.74) is 5.40. The average Bonchev–Trinajstić information content (AvgIpc) is 1.33. The van der Waals surface area contributed by atoms with Crippen LogP contribution in [-0.4, -0.2) is 201 Å². The van der Waals surface area contributed by atoms with Crippen molar-refractivity contribution >= 4 is 17.7 Å². The number of ether oxygens (including phenoxy) is 9. The Morgan fingerprint density at radius 2 is 0.633 bits per heavy atom. The third-order valence-electron chi connectivity index (χ3n) is 16.4. The smallest absolute Gasteiger partial charge is 0.254 e. The van der Waals surface area contributed by atoms with E-state index in [1.54, 1.807) is 79.1 Å². The Morgan fingerprint density at radius 1 is 0.356 bits per heavy atom. The number of carbonyl (C=O) groups is 3. The Labute approximate surface area is 534 Å². The molecule has 3 aliphatic rings. The van der Waals surface area contributed by atoms with Gasteiger partial charge >= 0.3 is 0 Å². The lowest BCUT2D eigenvalue weighted by Crippen LogP contribution is -2.49. The molecule has 18 heteroatoms. The van der Waals surface area contributed by atoms with Gasteiger partial charge in [-0.3, -0.25) is 24.2 Å². The topological polar surface area (TPSA) is 154 Å². The minimum absolute atomic E-state index is 0.000539. The predicted octanol–water partition coefficient (Wildman–Crippen LogP) is 10.8. The first-order valence-electron chi connectivity index (χ1n) is 31.8. The maximum atomic E-state index is 13.3. The molecule has 0 atom stereocenters. The Balaban J connectivity index is 0.000000194. The lowest BCUT2D eigenvalue weighted by molar-refractivity contribution is 0.0631. The molecule has 6 aromatic rings. The summed E-state index contributed by atoms with van der Waals surface area (Å²) in [6.45, 7) is 20.6. The molecule has 0 aromatic heterocycles. The molecule has 0 saturated carbocycles. The van der Waals surface area contributed by atoms with Crippen LogP contribution in [0.4, 0.5) is 0 Å². The monoisotopic (exact) mass is 1240 g/mol. The molecule has 486 valence electrons. The maximum absolute atomic E-state index is 13.3. The van der Waals surface area contributed by atoms with E-state index in [0.717, 1.165) is 116 Å². The molecule has 3 heterocycles. The first kappa shape index (κ1) is 69.3. The van der Waals surface area contributed by atoms with Crippen molar-refractivity contribution in [3.8, 4) is 51.7 Å². The number of methoxy groups -OCH3 is 6. The van der Waals surface area contributed by atoms with Gasteiger partial charge < -0.3 is 62.2 Å². The molecule has 3 aliphatic heterocycles. The zero-order chi connectivity index (χ0) is 64.0. The SMILES string of the molecule is CCCCOc1c(OC)cc(C(=O)N2CCN(CC)CC2)cc1OC.CCCCOc1c(OC)cc(C(=O)N2CCN(CCc3ccccc3)CC2)cc1OC.COc1cc(C(=O)N2CCN(CCc3ccccc3)CC2)cc(OC)c1OCc1ccccc1. The fraction of sp³-hybridized carbons (Fsp3) is 0.458. The minimum Gasteiger partial charge on any atom is -0.493 e. The summed E-state index contributed by atoms with van der Waals surface area (Å²) in [6.07, 6.45) is 6.04. The summed E-state index contributed by atoms with van der Waals surface area (Å²) in [6, 6.07) is 41.4. The Hall–Kier alpha value is -8.19. The Kier molecular flexibility index (Phi) is 28.6. The summed E-state index contributed by atoms with van der Waals surface area (Å²) in [5.74, 6) is 4.70. The number of hydrogen-bond donors (Lipinski definition) is 0. The van der Waals surface area contributed by atoms with Gasteiger partial charge in [-0.05, 0) is 85.3 Å². The lowest BCUT2D eigenvalue weighted by Gasteiger charge is -2.35. The van der Waals surface area contributed by atoms with Crippen molar-refractivity contribution in [2.24, 2.45) is 0 Å². The van der Waals surface area contributed by atoms with Crippen LogP contribution in [0.2, 0.25) is 0 Å². The van der Waals surface area contributed by atoms with E-state index in [4.69, 9.17) is 42.6 Å². The second kappa shape index (κ2) is 37.1. The molecule has 9 rings (SSSR count). The summed E-state index contributed by atoms with van der Waals surface area (Å²) in [7, 11) is 9.47. The van der Waals surface area contributed by atoms with Crippen LogP contribution >= 0.6 is 0 Å². The number of unbranched alkanes of at least 4 members (excludes halogenated alkanes) is 2. The van der Waals surface area contributed by atoms with Crippen molar-refractivity contribution in [1.29, 1.82) is 0 Å². The van der Waals surface area contributed by atoms with Crippen LogP contribution in [0.3, 0.4) is 0 Å². The van der Waals surface area contributed by atoms with Crippen LogP contribution in [0, 0.1) is 0 Å². The van der Waals surface area contributed by atoms with Crippen LogP contribution in [0.1, 0.15) is 94.2 Å². The second-order valence-electron chi connectivity index (χ2n) is 22.3. The van der Waals surface area contributed by atoms with Crippen LogP contribution in [0.5, 0.6) is 51.7 Å². The van der Waals surface area contributed by atoms with E-state index in [-0.39, 0.29) is 17.7 Å². The highest BCUT2D eigenvalue weighted by atomic mass is 16.5. The molecule has 0 aliphatic carbocycles. The second-order valence-corrected chi connectivity index (χ2v) is 22.3. The highest BCUT2D eigenvalue weighted by Gasteiger charge is 2.28. The first-order valence-corrected chi connectivity index (χ1v) is 31.8. The molecule has 90 heavy (non-hydrogen) atoms. The maximum Gasteiger partial charge on any atom is 0.254 e. The number of nitrogens with zero attached hydrogens (tertiary/aromatic N) is 6. The Bertz CT molecular complexity index is 3040. The summed E-state index contributed by atoms with van der Waals surface area (Å²) >= 11 is 0. The standard InChI is InChI=1S/C28H32N2O4.C25H34N2O4.C19H30N2O4/c1-32-25-19-24(20-26(33-2)27(25)34-21-23-11-7-4-8-12-23)28(31)30-17-15-29(16-18-30)14-13-22-9-5-3-6-10-22;1-4-5-17-31-24-22(29-2)18-21(19-23(24)30-3)25(28)27-15-13-26(14-16-27)12-11-20-9-7-6-8-10-20;1-5-7-12-25-18-16(23-3)13-15(14-17(18)24-4)19(22)21-10-8-20(6-2)9-11-21/h3-12,19-20H,13-18,21H2,1-2H3;6-10,18-19H,4-5,11-17H2,1-3H3;13-14H,5-12H2,1-4H3. The van der Waals surface area contributed by atoms with Gasteiger partial charge in [0.1, 0.15) is 6.61 Å². The van der Waals surface area contributed by atoms with Crippen molar-refractivity contribution in [3.05, 3.63) is 161 Å². The number of carbonyl (C=O) groups excluding carboxylic acids is 3. The molecule has 0 spiro atoms. The van der Waals surface area contributed by atoms with Gasteiger partial charge in [-0.2, -0.15) is 0 Å². The number of benzene rings is 6. The van der Waals surface area contributed by atoms with E-state index in [1.165, 1.54) is 11.1 Å². The number of likely N-dealkylation sites (N-methyl/N-ethyl adjacent to an activating group) is 1. The molecule has 0 bridgehead atoms. The number of amides is 3. The summed E-state index contributed by atoms with van der Waals surface area (Å²) in [4.78, 5) is 52.1. The van der Waals surface area contributed by atoms with Crippen LogP contribution in [0.15, 0.2) is 127 Å².